The first kappa shape index (κ1) is 12.3. The number of piperidine rings is 1. The van der Waals surface area contributed by atoms with Gasteiger partial charge in [-0.15, -0.1) is 0 Å². The Balaban J connectivity index is 1.77. The first-order chi connectivity index (χ1) is 9.13. The lowest BCUT2D eigenvalue weighted by atomic mass is 9.99. The number of aromatic nitrogens is 1. The molecule has 3 N–H and O–H groups in total. The molecule has 3 rings (SSSR count). The van der Waals surface area contributed by atoms with E-state index < -0.39 is 0 Å². The Hall–Kier alpha value is -1.75. The fourth-order valence-electron chi connectivity index (χ4n) is 2.63. The molecule has 0 saturated carbocycles. The number of nitrogen functional groups attached to an aromatic ring is 1. The van der Waals surface area contributed by atoms with Crippen LogP contribution in [0.3, 0.4) is 0 Å². The fourth-order valence-corrected chi connectivity index (χ4v) is 2.63. The number of hydrogen-bond donors (Lipinski definition) is 2. The molecule has 102 valence electrons. The molecule has 1 aromatic carbocycles. The second kappa shape index (κ2) is 4.74. The lowest BCUT2D eigenvalue weighted by molar-refractivity contribution is 0.189. The Morgan fingerprint density at radius 1 is 1.47 bits per heavy atom. The van der Waals surface area contributed by atoms with Gasteiger partial charge >= 0.3 is 0 Å². The summed E-state index contributed by atoms with van der Waals surface area (Å²) < 4.78 is 5.70. The number of rotatable bonds is 2. The SMILES string of the molecule is CC1CC(Nc2nc3c(N)cccc3o2)CCN1C. The van der Waals surface area contributed by atoms with Crippen molar-refractivity contribution in [3.8, 4) is 0 Å². The Morgan fingerprint density at radius 3 is 3.05 bits per heavy atom. The zero-order valence-corrected chi connectivity index (χ0v) is 11.4. The van der Waals surface area contributed by atoms with E-state index in [1.54, 1.807) is 0 Å². The Labute approximate surface area is 112 Å². The van der Waals surface area contributed by atoms with Crippen LogP contribution in [0.5, 0.6) is 0 Å². The van der Waals surface area contributed by atoms with Crippen LogP contribution >= 0.6 is 0 Å². The zero-order chi connectivity index (χ0) is 13.4. The highest BCUT2D eigenvalue weighted by molar-refractivity contribution is 5.86. The lowest BCUT2D eigenvalue weighted by Crippen LogP contribution is -2.42. The van der Waals surface area contributed by atoms with Gasteiger partial charge in [-0.1, -0.05) is 6.07 Å². The van der Waals surface area contributed by atoms with Crippen LogP contribution in [-0.4, -0.2) is 35.6 Å². The summed E-state index contributed by atoms with van der Waals surface area (Å²) in [4.78, 5) is 6.81. The molecule has 19 heavy (non-hydrogen) atoms. The van der Waals surface area contributed by atoms with Crippen LogP contribution in [0.25, 0.3) is 11.1 Å². The molecule has 0 radical (unpaired) electrons. The first-order valence-electron chi connectivity index (χ1n) is 6.75. The Morgan fingerprint density at radius 2 is 2.32 bits per heavy atom. The van der Waals surface area contributed by atoms with Crippen molar-refractivity contribution in [2.24, 2.45) is 0 Å². The van der Waals surface area contributed by atoms with Crippen LogP contribution in [0.1, 0.15) is 19.8 Å². The van der Waals surface area contributed by atoms with Crippen LogP contribution in [0, 0.1) is 0 Å². The normalized spacial score (nSPS) is 24.7. The monoisotopic (exact) mass is 260 g/mol. The number of hydrogen-bond acceptors (Lipinski definition) is 5. The molecule has 5 nitrogen and oxygen atoms in total. The number of oxazole rings is 1. The van der Waals surface area contributed by atoms with Gasteiger partial charge in [0, 0.05) is 18.6 Å². The van der Waals surface area contributed by atoms with E-state index in [2.05, 4.69) is 29.2 Å². The van der Waals surface area contributed by atoms with Crippen molar-refractivity contribution < 1.29 is 4.42 Å². The van der Waals surface area contributed by atoms with Crippen molar-refractivity contribution >= 4 is 22.8 Å². The Bertz CT molecular complexity index is 580. The van der Waals surface area contributed by atoms with E-state index in [0.29, 0.717) is 23.8 Å². The lowest BCUT2D eigenvalue weighted by Gasteiger charge is -2.34. The molecule has 1 aliphatic rings. The second-order valence-electron chi connectivity index (χ2n) is 5.41. The van der Waals surface area contributed by atoms with Gasteiger partial charge in [0.1, 0.15) is 5.52 Å². The third-order valence-corrected chi connectivity index (χ3v) is 3.99. The summed E-state index contributed by atoms with van der Waals surface area (Å²) in [6, 6.07) is 7.19. The summed E-state index contributed by atoms with van der Waals surface area (Å²) in [6.07, 6.45) is 2.21. The highest BCUT2D eigenvalue weighted by Gasteiger charge is 2.23. The summed E-state index contributed by atoms with van der Waals surface area (Å²) >= 11 is 0. The van der Waals surface area contributed by atoms with Crippen molar-refractivity contribution in [3.05, 3.63) is 18.2 Å². The topological polar surface area (TPSA) is 67.3 Å². The molecular weight excluding hydrogens is 240 g/mol. The smallest absolute Gasteiger partial charge is 0.295 e. The molecule has 2 heterocycles. The molecule has 0 spiro atoms. The largest absolute Gasteiger partial charge is 0.423 e. The van der Waals surface area contributed by atoms with Crippen molar-refractivity contribution in [3.63, 3.8) is 0 Å². The molecule has 2 aromatic rings. The van der Waals surface area contributed by atoms with Gasteiger partial charge in [0.25, 0.3) is 6.01 Å². The van der Waals surface area contributed by atoms with Crippen LogP contribution in [-0.2, 0) is 0 Å². The van der Waals surface area contributed by atoms with Crippen molar-refractivity contribution in [2.45, 2.75) is 31.8 Å². The summed E-state index contributed by atoms with van der Waals surface area (Å²) in [5, 5.41) is 3.39. The van der Waals surface area contributed by atoms with Crippen molar-refractivity contribution in [1.29, 1.82) is 0 Å². The number of nitrogens with zero attached hydrogens (tertiary/aromatic N) is 2. The maximum Gasteiger partial charge on any atom is 0.295 e. The van der Waals surface area contributed by atoms with E-state index in [0.717, 1.165) is 30.5 Å². The molecule has 1 aromatic heterocycles. The summed E-state index contributed by atoms with van der Waals surface area (Å²) in [6.45, 7) is 3.35. The fraction of sp³-hybridized carbons (Fsp3) is 0.500. The van der Waals surface area contributed by atoms with Gasteiger partial charge < -0.3 is 20.4 Å². The van der Waals surface area contributed by atoms with Gasteiger partial charge in [-0.2, -0.15) is 4.98 Å². The number of anilines is 2. The first-order valence-corrected chi connectivity index (χ1v) is 6.75. The third-order valence-electron chi connectivity index (χ3n) is 3.99. The van der Waals surface area contributed by atoms with Crippen LogP contribution in [0.4, 0.5) is 11.7 Å². The van der Waals surface area contributed by atoms with Gasteiger partial charge in [0.2, 0.25) is 0 Å². The van der Waals surface area contributed by atoms with Crippen LogP contribution < -0.4 is 11.1 Å². The summed E-state index contributed by atoms with van der Waals surface area (Å²) in [7, 11) is 2.17. The minimum atomic E-state index is 0.417. The predicted octanol–water partition coefficient (Wildman–Crippen LogP) is 2.30. The van der Waals surface area contributed by atoms with Crippen LogP contribution in [0.15, 0.2) is 22.6 Å². The molecule has 2 atom stereocenters. The number of nitrogens with one attached hydrogen (secondary N) is 1. The van der Waals surface area contributed by atoms with Gasteiger partial charge in [-0.05, 0) is 38.9 Å². The van der Waals surface area contributed by atoms with E-state index >= 15 is 0 Å². The second-order valence-corrected chi connectivity index (χ2v) is 5.41. The summed E-state index contributed by atoms with van der Waals surface area (Å²) in [5.74, 6) is 0. The molecule has 1 saturated heterocycles. The number of fused-ring (bicyclic) bond motifs is 1. The molecule has 0 aliphatic carbocycles. The van der Waals surface area contributed by atoms with Gasteiger partial charge in [-0.3, -0.25) is 0 Å². The maximum absolute atomic E-state index is 5.89. The molecule has 0 amide bonds. The number of benzene rings is 1. The van der Waals surface area contributed by atoms with Crippen molar-refractivity contribution in [1.82, 2.24) is 9.88 Å². The van der Waals surface area contributed by atoms with E-state index in [1.807, 2.05) is 18.2 Å². The van der Waals surface area contributed by atoms with Gasteiger partial charge in [0.05, 0.1) is 5.69 Å². The molecule has 1 aliphatic heterocycles. The van der Waals surface area contributed by atoms with Gasteiger partial charge in [-0.25, -0.2) is 0 Å². The van der Waals surface area contributed by atoms with E-state index in [9.17, 15) is 0 Å². The Kier molecular flexibility index (Phi) is 3.06. The van der Waals surface area contributed by atoms with E-state index in [1.165, 1.54) is 0 Å². The van der Waals surface area contributed by atoms with E-state index in [-0.39, 0.29) is 0 Å². The third kappa shape index (κ3) is 2.38. The molecule has 0 bridgehead atoms. The average Bonchev–Trinajstić information content (AvgIpc) is 2.78. The van der Waals surface area contributed by atoms with E-state index in [4.69, 9.17) is 10.2 Å². The maximum atomic E-state index is 5.89. The van der Waals surface area contributed by atoms with Crippen molar-refractivity contribution in [2.75, 3.05) is 24.6 Å². The minimum Gasteiger partial charge on any atom is -0.423 e. The van der Waals surface area contributed by atoms with Gasteiger partial charge in [0.15, 0.2) is 5.58 Å². The number of nitrogens with two attached hydrogens (primary N) is 1. The highest BCUT2D eigenvalue weighted by Crippen LogP contribution is 2.25. The number of para-hydroxylation sites is 1. The summed E-state index contributed by atoms with van der Waals surface area (Å²) in [5.41, 5.74) is 8.03. The number of likely N-dealkylation sites (tertiary alicyclic amines) is 1. The molecular formula is C14H20N4O. The minimum absolute atomic E-state index is 0.417. The molecule has 5 heteroatoms. The zero-order valence-electron chi connectivity index (χ0n) is 11.4. The predicted molar refractivity (Wildman–Crippen MR) is 77.2 cm³/mol. The highest BCUT2D eigenvalue weighted by atomic mass is 16.4. The standard InChI is InChI=1S/C14H20N4O/c1-9-8-10(6-7-18(9)2)16-14-17-13-11(15)4-3-5-12(13)19-14/h3-5,9-10H,6-8,15H2,1-2H3,(H,16,17). The molecule has 2 unspecified atom stereocenters. The molecule has 1 fully saturated rings. The average molecular weight is 260 g/mol. The quantitative estimate of drug-likeness (QED) is 0.811. The van der Waals surface area contributed by atoms with Crippen LogP contribution in [0.2, 0.25) is 0 Å².